The molecule has 0 spiro atoms. The van der Waals surface area contributed by atoms with Crippen molar-refractivity contribution >= 4 is 39.0 Å². The number of para-hydroxylation sites is 1. The Balaban J connectivity index is 1.68. The summed E-state index contributed by atoms with van der Waals surface area (Å²) in [5, 5.41) is 13.2. The van der Waals surface area contributed by atoms with Crippen molar-refractivity contribution in [2.24, 2.45) is 0 Å². The molecule has 0 unspecified atom stereocenters. The van der Waals surface area contributed by atoms with E-state index in [1.807, 2.05) is 60.7 Å². The minimum atomic E-state index is -0.983. The quantitative estimate of drug-likeness (QED) is 0.495. The van der Waals surface area contributed by atoms with E-state index >= 15 is 0 Å². The molecular formula is C22H15NO3S. The van der Waals surface area contributed by atoms with Gasteiger partial charge in [-0.3, -0.25) is 4.79 Å². The first-order valence-electron chi connectivity index (χ1n) is 8.34. The molecule has 4 rings (SSSR count). The number of rotatable bonds is 4. The Morgan fingerprint density at radius 1 is 0.852 bits per heavy atom. The molecule has 1 aromatic heterocycles. The van der Waals surface area contributed by atoms with Gasteiger partial charge in [-0.05, 0) is 41.3 Å². The van der Waals surface area contributed by atoms with Crippen LogP contribution in [-0.2, 0) is 0 Å². The molecule has 0 aliphatic heterocycles. The summed E-state index contributed by atoms with van der Waals surface area (Å²) in [5.74, 6) is -1.17. The molecule has 1 amide bonds. The van der Waals surface area contributed by atoms with Crippen LogP contribution in [0.15, 0.2) is 78.9 Å². The van der Waals surface area contributed by atoms with Gasteiger partial charge in [0.1, 0.15) is 0 Å². The average molecular weight is 373 g/mol. The van der Waals surface area contributed by atoms with Gasteiger partial charge in [-0.25, -0.2) is 4.79 Å². The van der Waals surface area contributed by atoms with Crippen molar-refractivity contribution in [3.8, 4) is 11.1 Å². The van der Waals surface area contributed by atoms with Crippen LogP contribution in [0.3, 0.4) is 0 Å². The van der Waals surface area contributed by atoms with Crippen LogP contribution in [0.4, 0.5) is 5.69 Å². The first-order valence-corrected chi connectivity index (χ1v) is 9.16. The molecule has 5 heteroatoms. The highest BCUT2D eigenvalue weighted by molar-refractivity contribution is 7.20. The van der Waals surface area contributed by atoms with Gasteiger partial charge >= 0.3 is 5.97 Å². The van der Waals surface area contributed by atoms with E-state index in [9.17, 15) is 14.7 Å². The van der Waals surface area contributed by atoms with Crippen LogP contribution in [0.2, 0.25) is 0 Å². The highest BCUT2D eigenvalue weighted by Gasteiger charge is 2.14. The fourth-order valence-corrected chi connectivity index (χ4v) is 3.90. The SMILES string of the molecule is O=C(O)c1cccc(-c2ccccc2NC(=O)c2cc3ccccc3s2)c1. The maximum atomic E-state index is 12.7. The molecule has 2 N–H and O–H groups in total. The third kappa shape index (κ3) is 3.45. The van der Waals surface area contributed by atoms with Gasteiger partial charge in [0.05, 0.1) is 10.4 Å². The number of hydrogen-bond donors (Lipinski definition) is 2. The van der Waals surface area contributed by atoms with Crippen molar-refractivity contribution in [2.45, 2.75) is 0 Å². The van der Waals surface area contributed by atoms with E-state index in [0.29, 0.717) is 10.6 Å². The van der Waals surface area contributed by atoms with E-state index < -0.39 is 5.97 Å². The number of aromatic carboxylic acids is 1. The van der Waals surface area contributed by atoms with Gasteiger partial charge in [-0.15, -0.1) is 11.3 Å². The standard InChI is InChI=1S/C22H15NO3S/c24-21(20-13-15-6-1-4-11-19(15)27-20)23-18-10-3-2-9-17(18)14-7-5-8-16(12-14)22(25)26/h1-13H,(H,23,24)(H,25,26). The van der Waals surface area contributed by atoms with Gasteiger partial charge in [-0.1, -0.05) is 48.5 Å². The van der Waals surface area contributed by atoms with E-state index in [1.54, 1.807) is 18.2 Å². The number of nitrogens with one attached hydrogen (secondary N) is 1. The Bertz CT molecular complexity index is 1130. The third-order valence-corrected chi connectivity index (χ3v) is 5.36. The molecule has 0 radical (unpaired) electrons. The number of fused-ring (bicyclic) bond motifs is 1. The summed E-state index contributed by atoms with van der Waals surface area (Å²) in [6.45, 7) is 0. The number of carbonyl (C=O) groups is 2. The lowest BCUT2D eigenvalue weighted by molar-refractivity contribution is 0.0696. The molecule has 132 valence electrons. The van der Waals surface area contributed by atoms with Crippen molar-refractivity contribution in [3.63, 3.8) is 0 Å². The summed E-state index contributed by atoms with van der Waals surface area (Å²) in [6, 6.07) is 23.8. The van der Waals surface area contributed by atoms with Gasteiger partial charge < -0.3 is 10.4 Å². The Labute approximate surface area is 159 Å². The normalized spacial score (nSPS) is 10.7. The molecular weight excluding hydrogens is 358 g/mol. The van der Waals surface area contributed by atoms with Gasteiger partial charge in [-0.2, -0.15) is 0 Å². The van der Waals surface area contributed by atoms with Crippen molar-refractivity contribution in [2.75, 3.05) is 5.32 Å². The van der Waals surface area contributed by atoms with Crippen molar-refractivity contribution in [3.05, 3.63) is 89.3 Å². The maximum absolute atomic E-state index is 12.7. The number of thiophene rings is 1. The predicted molar refractivity (Wildman–Crippen MR) is 109 cm³/mol. The zero-order valence-corrected chi connectivity index (χ0v) is 15.0. The van der Waals surface area contributed by atoms with Gasteiger partial charge in [0, 0.05) is 16.0 Å². The topological polar surface area (TPSA) is 66.4 Å². The van der Waals surface area contributed by atoms with Gasteiger partial charge in [0.2, 0.25) is 0 Å². The Hall–Kier alpha value is -3.44. The van der Waals surface area contributed by atoms with E-state index in [1.165, 1.54) is 11.3 Å². The third-order valence-electron chi connectivity index (χ3n) is 4.25. The number of anilines is 1. The van der Waals surface area contributed by atoms with Crippen molar-refractivity contribution in [1.29, 1.82) is 0 Å². The van der Waals surface area contributed by atoms with Crippen LogP contribution in [0, 0.1) is 0 Å². The molecule has 0 aliphatic carbocycles. The smallest absolute Gasteiger partial charge is 0.335 e. The van der Waals surface area contributed by atoms with Crippen LogP contribution in [0.1, 0.15) is 20.0 Å². The Morgan fingerprint density at radius 2 is 1.63 bits per heavy atom. The lowest BCUT2D eigenvalue weighted by Crippen LogP contribution is -2.11. The summed E-state index contributed by atoms with van der Waals surface area (Å²) in [4.78, 5) is 24.6. The summed E-state index contributed by atoms with van der Waals surface area (Å²) >= 11 is 1.44. The second-order valence-corrected chi connectivity index (χ2v) is 7.12. The van der Waals surface area contributed by atoms with Crippen molar-refractivity contribution < 1.29 is 14.7 Å². The minimum absolute atomic E-state index is 0.182. The summed E-state index contributed by atoms with van der Waals surface area (Å²) in [5.41, 5.74) is 2.36. The maximum Gasteiger partial charge on any atom is 0.335 e. The fraction of sp³-hybridized carbons (Fsp3) is 0. The molecule has 0 fully saturated rings. The molecule has 1 heterocycles. The lowest BCUT2D eigenvalue weighted by Gasteiger charge is -2.11. The summed E-state index contributed by atoms with van der Waals surface area (Å²) < 4.78 is 1.06. The lowest BCUT2D eigenvalue weighted by atomic mass is 10.0. The van der Waals surface area contributed by atoms with Crippen molar-refractivity contribution in [1.82, 2.24) is 0 Å². The molecule has 0 saturated heterocycles. The highest BCUT2D eigenvalue weighted by atomic mass is 32.1. The largest absolute Gasteiger partial charge is 0.478 e. The summed E-state index contributed by atoms with van der Waals surface area (Å²) in [6.07, 6.45) is 0. The van der Waals surface area contributed by atoms with Crippen LogP contribution in [0.5, 0.6) is 0 Å². The van der Waals surface area contributed by atoms with Gasteiger partial charge in [0.15, 0.2) is 0 Å². The number of carboxylic acids is 1. The van der Waals surface area contributed by atoms with Gasteiger partial charge in [0.25, 0.3) is 5.91 Å². The summed E-state index contributed by atoms with van der Waals surface area (Å²) in [7, 11) is 0. The van der Waals surface area contributed by atoms with Crippen LogP contribution in [0.25, 0.3) is 21.2 Å². The number of benzene rings is 3. The molecule has 4 nitrogen and oxygen atoms in total. The van der Waals surface area contributed by atoms with E-state index in [0.717, 1.165) is 21.2 Å². The number of hydrogen-bond acceptors (Lipinski definition) is 3. The average Bonchev–Trinajstić information content (AvgIpc) is 3.13. The molecule has 27 heavy (non-hydrogen) atoms. The molecule has 0 atom stereocenters. The second-order valence-electron chi connectivity index (χ2n) is 6.03. The molecule has 4 aromatic rings. The van der Waals surface area contributed by atoms with Crippen LogP contribution in [-0.4, -0.2) is 17.0 Å². The Morgan fingerprint density at radius 3 is 2.44 bits per heavy atom. The van der Waals surface area contributed by atoms with Crippen LogP contribution >= 0.6 is 11.3 Å². The minimum Gasteiger partial charge on any atom is -0.478 e. The van der Waals surface area contributed by atoms with E-state index in [2.05, 4.69) is 5.32 Å². The van der Waals surface area contributed by atoms with E-state index in [-0.39, 0.29) is 11.5 Å². The number of carbonyl (C=O) groups excluding carboxylic acids is 1. The Kier molecular flexibility index (Phi) is 4.44. The first-order chi connectivity index (χ1) is 13.1. The molecule has 0 aliphatic rings. The number of carboxylic acid groups (broad SMARTS) is 1. The van der Waals surface area contributed by atoms with E-state index in [4.69, 9.17) is 0 Å². The molecule has 0 bridgehead atoms. The molecule has 0 saturated carbocycles. The second kappa shape index (κ2) is 7.05. The zero-order chi connectivity index (χ0) is 18.8. The zero-order valence-electron chi connectivity index (χ0n) is 14.2. The first kappa shape index (κ1) is 17.0. The van der Waals surface area contributed by atoms with Crippen LogP contribution < -0.4 is 5.32 Å². The fourth-order valence-electron chi connectivity index (χ4n) is 2.94. The highest BCUT2D eigenvalue weighted by Crippen LogP contribution is 2.30. The molecule has 3 aromatic carbocycles. The monoisotopic (exact) mass is 373 g/mol. The number of amides is 1. The predicted octanol–water partition coefficient (Wildman–Crippen LogP) is 5.52.